The Morgan fingerprint density at radius 3 is 1.71 bits per heavy atom. The maximum Gasteiger partial charge on any atom is 0.389 e. The zero-order valence-electron chi connectivity index (χ0n) is 17.8. The minimum atomic E-state index is -4.50. The molecular weight excluding hydrogens is 488 g/mol. The first-order chi connectivity index (χ1) is 15.8. The van der Waals surface area contributed by atoms with Crippen LogP contribution in [-0.4, -0.2) is 44.8 Å². The molecule has 0 spiro atoms. The van der Waals surface area contributed by atoms with Gasteiger partial charge >= 0.3 is 18.4 Å². The Bertz CT molecular complexity index is 1010. The van der Waals surface area contributed by atoms with Crippen LogP contribution in [0.4, 0.5) is 31.1 Å². The summed E-state index contributed by atoms with van der Waals surface area (Å²) in [5.41, 5.74) is 3.44. The lowest BCUT2D eigenvalue weighted by molar-refractivity contribution is -0.136. The summed E-state index contributed by atoms with van der Waals surface area (Å²) in [4.78, 5) is 14.6. The first-order valence-corrected chi connectivity index (χ1v) is 11.6. The summed E-state index contributed by atoms with van der Waals surface area (Å²) >= 11 is 0. The molecule has 2 amide bonds. The fourth-order valence-corrected chi connectivity index (χ4v) is 3.80. The summed E-state index contributed by atoms with van der Waals surface area (Å²) in [6.45, 7) is -1.01. The Morgan fingerprint density at radius 2 is 1.24 bits per heavy atom. The summed E-state index contributed by atoms with van der Waals surface area (Å²) in [6.07, 6.45) is -12.6. The van der Waals surface area contributed by atoms with E-state index in [1.54, 1.807) is 12.1 Å². The quantitative estimate of drug-likeness (QED) is 0.338. The fourth-order valence-electron chi connectivity index (χ4n) is 2.96. The van der Waals surface area contributed by atoms with E-state index in [4.69, 9.17) is 0 Å². The molecular formula is C21H23F6N3O3S. The molecule has 13 heteroatoms. The minimum Gasteiger partial charge on any atom is -0.324 e. The molecule has 34 heavy (non-hydrogen) atoms. The highest BCUT2D eigenvalue weighted by atomic mass is 32.2. The summed E-state index contributed by atoms with van der Waals surface area (Å²) in [6, 6.07) is 13.6. The molecule has 0 saturated heterocycles. The lowest BCUT2D eigenvalue weighted by Gasteiger charge is -2.23. The van der Waals surface area contributed by atoms with Gasteiger partial charge in [-0.2, -0.15) is 26.3 Å². The van der Waals surface area contributed by atoms with Crippen LogP contribution in [-0.2, 0) is 10.0 Å². The molecule has 0 fully saturated rings. The van der Waals surface area contributed by atoms with Gasteiger partial charge in [-0.05, 0) is 36.1 Å². The summed E-state index contributed by atoms with van der Waals surface area (Å²) in [5.74, 6) is 0. The van der Waals surface area contributed by atoms with E-state index in [-0.39, 0.29) is 4.90 Å². The van der Waals surface area contributed by atoms with Crippen LogP contribution in [0.1, 0.15) is 25.7 Å². The van der Waals surface area contributed by atoms with Crippen LogP contribution >= 0.6 is 0 Å². The molecule has 0 atom stereocenters. The van der Waals surface area contributed by atoms with E-state index in [0.717, 1.165) is 11.1 Å². The van der Waals surface area contributed by atoms with Gasteiger partial charge in [0.25, 0.3) is 10.0 Å². The maximum absolute atomic E-state index is 12.5. The first-order valence-electron chi connectivity index (χ1n) is 10.1. The van der Waals surface area contributed by atoms with Gasteiger partial charge in [-0.15, -0.1) is 4.83 Å². The van der Waals surface area contributed by atoms with Crippen LogP contribution < -0.4 is 10.3 Å². The Kier molecular flexibility index (Phi) is 9.33. The van der Waals surface area contributed by atoms with Crippen LogP contribution in [0.5, 0.6) is 0 Å². The third kappa shape index (κ3) is 9.59. The zero-order chi connectivity index (χ0) is 25.4. The number of hydrogen-bond acceptors (Lipinski definition) is 3. The second-order valence-corrected chi connectivity index (χ2v) is 9.03. The average molecular weight is 511 g/mol. The van der Waals surface area contributed by atoms with Crippen molar-refractivity contribution >= 4 is 16.1 Å². The number of nitrogens with zero attached hydrogens (tertiary/aromatic N) is 1. The number of nitrogens with one attached hydrogen (secondary N) is 2. The van der Waals surface area contributed by atoms with Crippen LogP contribution in [0.15, 0.2) is 59.5 Å². The topological polar surface area (TPSA) is 78.5 Å². The Morgan fingerprint density at radius 1 is 0.765 bits per heavy atom. The van der Waals surface area contributed by atoms with E-state index in [0.29, 0.717) is 4.90 Å². The number of benzene rings is 2. The van der Waals surface area contributed by atoms with Crippen LogP contribution in [0.3, 0.4) is 0 Å². The fraction of sp³-hybridized carbons (Fsp3) is 0.381. The third-order valence-corrected chi connectivity index (χ3v) is 5.89. The third-order valence-electron chi connectivity index (χ3n) is 4.63. The number of alkyl halides is 6. The molecule has 2 N–H and O–H groups in total. The van der Waals surface area contributed by atoms with Crippen molar-refractivity contribution in [2.24, 2.45) is 0 Å². The molecule has 0 saturated carbocycles. The number of rotatable bonds is 10. The van der Waals surface area contributed by atoms with Gasteiger partial charge in [0.1, 0.15) is 0 Å². The molecule has 2 aromatic carbocycles. The van der Waals surface area contributed by atoms with Crippen LogP contribution in [0.2, 0.25) is 0 Å². The Hall–Kier alpha value is -2.80. The number of amides is 2. The van der Waals surface area contributed by atoms with Gasteiger partial charge in [-0.1, -0.05) is 42.5 Å². The summed E-state index contributed by atoms with van der Waals surface area (Å²) < 4.78 is 99.2. The van der Waals surface area contributed by atoms with Crippen molar-refractivity contribution in [3.63, 3.8) is 0 Å². The SMILES string of the molecule is O=C(NNS(=O)(=O)c1ccc(-c2ccccc2)cc1)N(CCCC(F)(F)F)CCCC(F)(F)F. The Labute approximate surface area is 193 Å². The van der Waals surface area contributed by atoms with Crippen LogP contribution in [0, 0.1) is 0 Å². The van der Waals surface area contributed by atoms with E-state index < -0.39 is 67.2 Å². The smallest absolute Gasteiger partial charge is 0.324 e. The van der Waals surface area contributed by atoms with Crippen molar-refractivity contribution in [1.29, 1.82) is 0 Å². The number of carbonyl (C=O) groups is 1. The first kappa shape index (κ1) is 27.4. The second kappa shape index (κ2) is 11.6. The molecule has 6 nitrogen and oxygen atoms in total. The molecule has 0 aliphatic heterocycles. The highest BCUT2D eigenvalue weighted by Crippen LogP contribution is 2.24. The monoisotopic (exact) mass is 511 g/mol. The van der Waals surface area contributed by atoms with Crippen molar-refractivity contribution < 1.29 is 39.6 Å². The highest BCUT2D eigenvalue weighted by Gasteiger charge is 2.29. The van der Waals surface area contributed by atoms with Crippen molar-refractivity contribution in [2.45, 2.75) is 42.9 Å². The Balaban J connectivity index is 2.00. The van der Waals surface area contributed by atoms with Gasteiger partial charge < -0.3 is 4.90 Å². The summed E-state index contributed by atoms with van der Waals surface area (Å²) in [5, 5.41) is 0. The molecule has 0 aromatic heterocycles. The molecule has 2 aromatic rings. The predicted molar refractivity (Wildman–Crippen MR) is 113 cm³/mol. The number of hydrogen-bond donors (Lipinski definition) is 2. The van der Waals surface area contributed by atoms with Gasteiger partial charge in [0.15, 0.2) is 0 Å². The van der Waals surface area contributed by atoms with E-state index in [1.165, 1.54) is 12.1 Å². The van der Waals surface area contributed by atoms with E-state index in [2.05, 4.69) is 0 Å². The van der Waals surface area contributed by atoms with Crippen molar-refractivity contribution in [1.82, 2.24) is 15.2 Å². The van der Waals surface area contributed by atoms with Gasteiger partial charge in [0, 0.05) is 25.9 Å². The molecule has 0 heterocycles. The standard InChI is InChI=1S/C21H23F6N3O3S/c22-20(23,24)12-4-14-30(15-5-13-21(25,26)27)19(31)28-29-34(32,33)18-10-8-17(9-11-18)16-6-2-1-3-7-16/h1-3,6-11,29H,4-5,12-15H2,(H,28,31). The molecule has 0 bridgehead atoms. The van der Waals surface area contributed by atoms with E-state index >= 15 is 0 Å². The van der Waals surface area contributed by atoms with Gasteiger partial charge in [0.05, 0.1) is 4.90 Å². The minimum absolute atomic E-state index is 0.201. The van der Waals surface area contributed by atoms with Gasteiger partial charge in [-0.3, -0.25) is 5.43 Å². The van der Waals surface area contributed by atoms with E-state index in [9.17, 15) is 39.6 Å². The zero-order valence-corrected chi connectivity index (χ0v) is 18.6. The maximum atomic E-state index is 12.5. The second-order valence-electron chi connectivity index (χ2n) is 7.35. The predicted octanol–water partition coefficient (Wildman–Crippen LogP) is 5.24. The molecule has 0 aliphatic rings. The normalized spacial score (nSPS) is 12.4. The van der Waals surface area contributed by atoms with Gasteiger partial charge in [0.2, 0.25) is 0 Å². The van der Waals surface area contributed by atoms with Gasteiger partial charge in [-0.25, -0.2) is 13.2 Å². The van der Waals surface area contributed by atoms with Crippen molar-refractivity contribution in [3.05, 3.63) is 54.6 Å². The molecule has 0 radical (unpaired) electrons. The van der Waals surface area contributed by atoms with Crippen LogP contribution in [0.25, 0.3) is 11.1 Å². The average Bonchev–Trinajstić information content (AvgIpc) is 2.75. The number of hydrazine groups is 1. The number of urea groups is 1. The van der Waals surface area contributed by atoms with Crippen molar-refractivity contribution in [2.75, 3.05) is 13.1 Å². The lowest BCUT2D eigenvalue weighted by Crippen LogP contribution is -2.49. The lowest BCUT2D eigenvalue weighted by atomic mass is 10.1. The summed E-state index contributed by atoms with van der Waals surface area (Å²) in [7, 11) is -4.24. The highest BCUT2D eigenvalue weighted by molar-refractivity contribution is 7.89. The molecule has 0 aliphatic carbocycles. The largest absolute Gasteiger partial charge is 0.389 e. The van der Waals surface area contributed by atoms with Crippen molar-refractivity contribution in [3.8, 4) is 11.1 Å². The number of carbonyl (C=O) groups excluding carboxylic acids is 1. The van der Waals surface area contributed by atoms with E-state index in [1.807, 2.05) is 40.6 Å². The number of sulfonamides is 1. The molecule has 0 unspecified atom stereocenters. The molecule has 188 valence electrons. The molecule has 2 rings (SSSR count). The number of halogens is 6.